The second-order valence-corrected chi connectivity index (χ2v) is 15.3. The molecule has 4 aromatic rings. The quantitative estimate of drug-likeness (QED) is 0.178. The van der Waals surface area contributed by atoms with Crippen LogP contribution in [-0.2, 0) is 29.5 Å². The molecule has 1 saturated carbocycles. The molecule has 2 bridgehead atoms. The van der Waals surface area contributed by atoms with Crippen molar-refractivity contribution in [3.05, 3.63) is 94.8 Å². The van der Waals surface area contributed by atoms with Crippen molar-refractivity contribution >= 4 is 22.2 Å². The molecule has 2 aromatic carbocycles. The third-order valence-corrected chi connectivity index (χ3v) is 13.7. The number of para-hydroxylation sites is 1. The lowest BCUT2D eigenvalue weighted by Gasteiger charge is -2.59. The van der Waals surface area contributed by atoms with Gasteiger partial charge >= 0.3 is 0 Å². The largest absolute Gasteiger partial charge is 0.496 e. The first kappa shape index (κ1) is 26.2. The summed E-state index contributed by atoms with van der Waals surface area (Å²) < 4.78 is 16.6. The molecule has 6 nitrogen and oxygen atoms in total. The van der Waals surface area contributed by atoms with Crippen LogP contribution in [0.3, 0.4) is 0 Å². The highest BCUT2D eigenvalue weighted by molar-refractivity contribution is 5.95. The van der Waals surface area contributed by atoms with Gasteiger partial charge in [0, 0.05) is 65.2 Å². The van der Waals surface area contributed by atoms with Gasteiger partial charge in [-0.15, -0.1) is 0 Å². The normalized spacial score (nSPS) is 34.0. The third-order valence-electron chi connectivity index (χ3n) is 13.7. The third kappa shape index (κ3) is 2.96. The standard InChI is InChI=1S/C40H41N4O2/c1-4-23-20-42-15-12-25-35-30(9-7-11-33(35)45-3)41-37(25)32(42)18-26(23)28-21-43-31-10-6-5-8-29(31)40-14-16-44(2)22-24-13-17-46-38(28)36(39(40)43)27(24)19-34(40)44/h5-11,13,18,20-21,27,34,36,38-39H,4,12,14-17,19,22H2,1-3H3/q+1/p+1/t27-,34-,36-,38-,39-,40+,44?/m0/s1. The van der Waals surface area contributed by atoms with Crippen LogP contribution in [0.15, 0.2) is 72.6 Å². The monoisotopic (exact) mass is 610 g/mol. The number of nitrogens with one attached hydrogen (secondary N) is 1. The number of benzene rings is 2. The number of likely N-dealkylation sites (N-methyl/N-ethyl adjacent to an activating group) is 1. The molecule has 8 heterocycles. The van der Waals surface area contributed by atoms with E-state index in [-0.39, 0.29) is 11.5 Å². The number of pyridine rings is 1. The number of H-pyrrole nitrogens is 1. The molecular formula is C40H42N4O2+2. The maximum Gasteiger partial charge on any atom is 0.229 e. The first-order chi connectivity index (χ1) is 22.5. The number of fused-ring (bicyclic) bond motifs is 7. The lowest BCUT2D eigenvalue weighted by atomic mass is 9.53. The molecule has 46 heavy (non-hydrogen) atoms. The van der Waals surface area contributed by atoms with Crippen LogP contribution >= 0.6 is 0 Å². The highest BCUT2D eigenvalue weighted by atomic mass is 16.5. The maximum atomic E-state index is 7.10. The fraction of sp³-hybridized carbons (Fsp3) is 0.425. The predicted molar refractivity (Wildman–Crippen MR) is 180 cm³/mol. The van der Waals surface area contributed by atoms with Crippen molar-refractivity contribution in [1.29, 1.82) is 0 Å². The minimum Gasteiger partial charge on any atom is -0.496 e. The average molecular weight is 611 g/mol. The molecule has 11 rings (SSSR count). The number of quaternary nitrogens is 1. The Bertz CT molecular complexity index is 2070. The number of rotatable bonds is 3. The second-order valence-electron chi connectivity index (χ2n) is 15.3. The Hall–Kier alpha value is -3.87. The van der Waals surface area contributed by atoms with Gasteiger partial charge in [-0.3, -0.25) is 0 Å². The van der Waals surface area contributed by atoms with Gasteiger partial charge in [0.15, 0.2) is 12.7 Å². The summed E-state index contributed by atoms with van der Waals surface area (Å²) in [4.78, 5) is 6.57. The summed E-state index contributed by atoms with van der Waals surface area (Å²) in [5, 5.41) is 1.23. The van der Waals surface area contributed by atoms with E-state index in [1.54, 1.807) is 18.2 Å². The molecule has 0 radical (unpaired) electrons. The Morgan fingerprint density at radius 2 is 2.09 bits per heavy atom. The fourth-order valence-corrected chi connectivity index (χ4v) is 12.0. The van der Waals surface area contributed by atoms with Crippen LogP contribution in [0.2, 0.25) is 0 Å². The van der Waals surface area contributed by atoms with Gasteiger partial charge < -0.3 is 23.8 Å². The lowest BCUT2D eigenvalue weighted by Crippen LogP contribution is -2.70. The summed E-state index contributed by atoms with van der Waals surface area (Å²) in [6.45, 7) is 6.48. The number of piperidine rings is 1. The zero-order valence-electron chi connectivity index (χ0n) is 27.1. The van der Waals surface area contributed by atoms with Crippen LogP contribution in [0, 0.1) is 11.8 Å². The van der Waals surface area contributed by atoms with E-state index in [0.717, 1.165) is 37.3 Å². The smallest absolute Gasteiger partial charge is 0.229 e. The highest BCUT2D eigenvalue weighted by Gasteiger charge is 2.74. The molecule has 1 N–H and O–H groups in total. The van der Waals surface area contributed by atoms with Crippen LogP contribution in [0.1, 0.15) is 42.0 Å². The zero-order valence-corrected chi connectivity index (χ0v) is 27.1. The first-order valence-electron chi connectivity index (χ1n) is 17.5. The number of aromatic nitrogens is 2. The first-order valence-corrected chi connectivity index (χ1v) is 17.5. The molecule has 1 aliphatic carbocycles. The number of nitrogens with zero attached hydrogens (tertiary/aromatic N) is 3. The zero-order chi connectivity index (χ0) is 30.5. The Kier molecular flexibility index (Phi) is 4.97. The summed E-state index contributed by atoms with van der Waals surface area (Å²) >= 11 is 0. The molecule has 7 atom stereocenters. The van der Waals surface area contributed by atoms with Crippen molar-refractivity contribution in [1.82, 2.24) is 4.98 Å². The van der Waals surface area contributed by atoms with E-state index in [1.807, 2.05) is 0 Å². The van der Waals surface area contributed by atoms with E-state index >= 15 is 0 Å². The summed E-state index contributed by atoms with van der Waals surface area (Å²) in [5.41, 5.74) is 14.1. The van der Waals surface area contributed by atoms with E-state index in [2.05, 4.69) is 95.4 Å². The maximum absolute atomic E-state index is 7.10. The molecule has 6 aliphatic heterocycles. The van der Waals surface area contributed by atoms with Gasteiger partial charge in [-0.05, 0) is 47.2 Å². The van der Waals surface area contributed by atoms with E-state index in [0.29, 0.717) is 23.9 Å². The van der Waals surface area contributed by atoms with Crippen molar-refractivity contribution in [2.24, 2.45) is 11.8 Å². The highest BCUT2D eigenvalue weighted by Crippen LogP contribution is 2.67. The minimum absolute atomic E-state index is 0.0869. The molecule has 2 saturated heterocycles. The van der Waals surface area contributed by atoms with Gasteiger partial charge in [-0.25, -0.2) is 0 Å². The van der Waals surface area contributed by atoms with Crippen LogP contribution in [0.5, 0.6) is 5.75 Å². The van der Waals surface area contributed by atoms with Gasteiger partial charge in [0.25, 0.3) is 0 Å². The van der Waals surface area contributed by atoms with Crippen molar-refractivity contribution in [3.63, 3.8) is 0 Å². The van der Waals surface area contributed by atoms with E-state index in [1.165, 1.54) is 75.1 Å². The van der Waals surface area contributed by atoms with Crippen LogP contribution < -0.4 is 14.2 Å². The van der Waals surface area contributed by atoms with E-state index in [4.69, 9.17) is 9.47 Å². The number of aromatic amines is 1. The van der Waals surface area contributed by atoms with Gasteiger partial charge in [-0.2, -0.15) is 4.57 Å². The summed E-state index contributed by atoms with van der Waals surface area (Å²) in [6.07, 6.45) is 12.1. The fourth-order valence-electron chi connectivity index (χ4n) is 12.0. The van der Waals surface area contributed by atoms with Gasteiger partial charge in [-0.1, -0.05) is 37.3 Å². The average Bonchev–Trinajstić information content (AvgIpc) is 3.68. The molecule has 7 aliphatic rings. The number of ether oxygens (including phenoxy) is 2. The van der Waals surface area contributed by atoms with Gasteiger partial charge in [0.05, 0.1) is 50.4 Å². The van der Waals surface area contributed by atoms with Crippen molar-refractivity contribution in [3.8, 4) is 17.1 Å². The van der Waals surface area contributed by atoms with Crippen molar-refractivity contribution < 1.29 is 18.5 Å². The predicted octanol–water partition coefficient (Wildman–Crippen LogP) is 5.92. The summed E-state index contributed by atoms with van der Waals surface area (Å²) in [5.74, 6) is 1.99. The lowest BCUT2D eigenvalue weighted by molar-refractivity contribution is -0.925. The van der Waals surface area contributed by atoms with Crippen LogP contribution in [-0.4, -0.2) is 61.5 Å². The van der Waals surface area contributed by atoms with Gasteiger partial charge in [0.1, 0.15) is 24.0 Å². The summed E-state index contributed by atoms with van der Waals surface area (Å²) in [7, 11) is 4.34. The van der Waals surface area contributed by atoms with Crippen molar-refractivity contribution in [2.75, 3.05) is 38.8 Å². The number of methoxy groups -OCH3 is 1. The number of anilines is 1. The van der Waals surface area contributed by atoms with Gasteiger partial charge in [0.2, 0.25) is 5.69 Å². The molecule has 0 amide bonds. The number of hydrogen-bond acceptors (Lipinski definition) is 3. The molecule has 1 spiro atoms. The Morgan fingerprint density at radius 3 is 2.98 bits per heavy atom. The molecular weight excluding hydrogens is 568 g/mol. The number of hydrogen-bond donors (Lipinski definition) is 1. The van der Waals surface area contributed by atoms with Crippen LogP contribution in [0.25, 0.3) is 27.9 Å². The molecule has 2 aromatic heterocycles. The van der Waals surface area contributed by atoms with Crippen LogP contribution in [0.4, 0.5) is 5.69 Å². The van der Waals surface area contributed by atoms with E-state index in [9.17, 15) is 0 Å². The Morgan fingerprint density at radius 1 is 1.17 bits per heavy atom. The SMILES string of the molecule is CCc1c[n+]2c(cc1C1=CN3c4ccccc4[C@@]45CC[N+]6(C)CC7=CCO[C@@H]1[C@@H]([C@H]34)[C@H]7C[C@@H]56)-c1[nH]c3cccc(OC)c3c1CC2. The van der Waals surface area contributed by atoms with E-state index < -0.39 is 0 Å². The topological polar surface area (TPSA) is 41.4 Å². The Balaban J connectivity index is 1.15. The summed E-state index contributed by atoms with van der Waals surface area (Å²) in [6, 6.07) is 19.4. The molecule has 232 valence electrons. The minimum atomic E-state index is 0.0869. The molecule has 1 unspecified atom stereocenters. The van der Waals surface area contributed by atoms with Crippen molar-refractivity contribution in [2.45, 2.75) is 62.8 Å². The number of aryl methyl sites for hydroxylation is 3. The Labute approximate surface area is 270 Å². The second kappa shape index (κ2) is 8.72. The molecule has 6 heteroatoms. The molecule has 3 fully saturated rings.